The summed E-state index contributed by atoms with van der Waals surface area (Å²) in [5.74, 6) is 2.02. The first-order chi connectivity index (χ1) is 10.6. The maximum absolute atomic E-state index is 9.68. The summed E-state index contributed by atoms with van der Waals surface area (Å²) in [4.78, 5) is 8.59. The third kappa shape index (κ3) is 4.51. The number of aromatic nitrogens is 3. The van der Waals surface area contributed by atoms with Crippen LogP contribution in [0.3, 0.4) is 0 Å². The zero-order valence-electron chi connectivity index (χ0n) is 13.1. The summed E-state index contributed by atoms with van der Waals surface area (Å²) in [6, 6.07) is 3.66. The van der Waals surface area contributed by atoms with Crippen LogP contribution in [0.25, 0.3) is 11.5 Å². The first-order valence-electron chi connectivity index (χ1n) is 7.39. The van der Waals surface area contributed by atoms with Crippen molar-refractivity contribution in [1.82, 2.24) is 15.1 Å². The Morgan fingerprint density at radius 1 is 1.36 bits per heavy atom. The molecule has 0 fully saturated rings. The Morgan fingerprint density at radius 2 is 2.18 bits per heavy atom. The molecule has 0 aliphatic rings. The number of rotatable bonds is 8. The molecule has 2 heterocycles. The van der Waals surface area contributed by atoms with Crippen molar-refractivity contribution in [1.29, 1.82) is 0 Å². The van der Waals surface area contributed by atoms with Gasteiger partial charge in [-0.2, -0.15) is 4.98 Å². The number of nitrogens with zero attached hydrogens (tertiary/aromatic N) is 3. The van der Waals surface area contributed by atoms with E-state index >= 15 is 0 Å². The zero-order chi connectivity index (χ0) is 15.9. The van der Waals surface area contributed by atoms with Crippen LogP contribution < -0.4 is 5.32 Å². The fraction of sp³-hybridized carbons (Fsp3) is 0.533. The van der Waals surface area contributed by atoms with Crippen molar-refractivity contribution in [2.75, 3.05) is 25.1 Å². The Bertz CT molecular complexity index is 568. The summed E-state index contributed by atoms with van der Waals surface area (Å²) in [7, 11) is 0. The van der Waals surface area contributed by atoms with E-state index in [1.54, 1.807) is 6.20 Å². The van der Waals surface area contributed by atoms with E-state index in [1.165, 1.54) is 0 Å². The van der Waals surface area contributed by atoms with Crippen molar-refractivity contribution >= 4 is 5.82 Å². The molecule has 22 heavy (non-hydrogen) atoms. The van der Waals surface area contributed by atoms with E-state index in [4.69, 9.17) is 9.26 Å². The number of pyridine rings is 1. The van der Waals surface area contributed by atoms with Gasteiger partial charge in [0, 0.05) is 25.3 Å². The highest BCUT2D eigenvalue weighted by molar-refractivity contribution is 5.54. The SMILES string of the molecule is CCOCC(O)CNc1ccc(-c2nc(C(C)C)no2)cn1. The first-order valence-corrected chi connectivity index (χ1v) is 7.39. The standard InChI is InChI=1S/C15H22N4O3/c1-4-21-9-12(20)8-17-13-6-5-11(7-16-13)15-18-14(10(2)3)19-22-15/h5-7,10,12,20H,4,8-9H2,1-3H3,(H,16,17). The molecule has 2 rings (SSSR count). The zero-order valence-corrected chi connectivity index (χ0v) is 13.1. The fourth-order valence-corrected chi connectivity index (χ4v) is 1.75. The van der Waals surface area contributed by atoms with Gasteiger partial charge in [-0.05, 0) is 19.1 Å². The van der Waals surface area contributed by atoms with Gasteiger partial charge < -0.3 is 19.7 Å². The molecule has 1 atom stereocenters. The maximum atomic E-state index is 9.68. The van der Waals surface area contributed by atoms with Gasteiger partial charge in [-0.15, -0.1) is 0 Å². The van der Waals surface area contributed by atoms with Crippen LogP contribution in [0.4, 0.5) is 5.82 Å². The summed E-state index contributed by atoms with van der Waals surface area (Å²) in [5.41, 5.74) is 0.764. The number of hydrogen-bond acceptors (Lipinski definition) is 7. The topological polar surface area (TPSA) is 93.3 Å². The third-order valence-electron chi connectivity index (χ3n) is 3.00. The lowest BCUT2D eigenvalue weighted by atomic mass is 10.2. The van der Waals surface area contributed by atoms with Crippen molar-refractivity contribution in [2.24, 2.45) is 0 Å². The van der Waals surface area contributed by atoms with E-state index in [0.29, 0.717) is 37.3 Å². The lowest BCUT2D eigenvalue weighted by molar-refractivity contribution is 0.0495. The van der Waals surface area contributed by atoms with Gasteiger partial charge in [-0.1, -0.05) is 19.0 Å². The smallest absolute Gasteiger partial charge is 0.259 e. The highest BCUT2D eigenvalue weighted by atomic mass is 16.5. The summed E-state index contributed by atoms with van der Waals surface area (Å²) in [6.45, 7) is 7.18. The van der Waals surface area contributed by atoms with Crippen molar-refractivity contribution in [3.8, 4) is 11.5 Å². The van der Waals surface area contributed by atoms with Crippen LogP contribution in [0.15, 0.2) is 22.9 Å². The molecule has 120 valence electrons. The molecule has 0 aliphatic heterocycles. The molecule has 0 bridgehead atoms. The Hall–Kier alpha value is -1.99. The average molecular weight is 306 g/mol. The predicted molar refractivity (Wildman–Crippen MR) is 82.6 cm³/mol. The number of anilines is 1. The van der Waals surface area contributed by atoms with Crippen molar-refractivity contribution in [2.45, 2.75) is 32.8 Å². The molecule has 0 radical (unpaired) electrons. The predicted octanol–water partition coefficient (Wildman–Crippen LogP) is 2.06. The largest absolute Gasteiger partial charge is 0.389 e. The summed E-state index contributed by atoms with van der Waals surface area (Å²) < 4.78 is 10.4. The van der Waals surface area contributed by atoms with Gasteiger partial charge >= 0.3 is 0 Å². The molecule has 0 saturated carbocycles. The molecule has 2 aromatic rings. The molecule has 2 aromatic heterocycles. The Kier molecular flexibility index (Phi) is 5.85. The van der Waals surface area contributed by atoms with Crippen molar-refractivity contribution in [3.05, 3.63) is 24.2 Å². The first kappa shape index (κ1) is 16.4. The molecule has 0 aromatic carbocycles. The molecule has 0 amide bonds. The molecular weight excluding hydrogens is 284 g/mol. The van der Waals surface area contributed by atoms with Crippen LogP contribution >= 0.6 is 0 Å². The van der Waals surface area contributed by atoms with E-state index in [9.17, 15) is 5.11 Å². The quantitative estimate of drug-likeness (QED) is 0.771. The second kappa shape index (κ2) is 7.86. The van der Waals surface area contributed by atoms with Gasteiger partial charge in [0.1, 0.15) is 5.82 Å². The third-order valence-corrected chi connectivity index (χ3v) is 3.00. The molecule has 7 heteroatoms. The van der Waals surface area contributed by atoms with Crippen molar-refractivity contribution < 1.29 is 14.4 Å². The van der Waals surface area contributed by atoms with Crippen LogP contribution in [-0.4, -0.2) is 46.1 Å². The second-order valence-corrected chi connectivity index (χ2v) is 5.24. The average Bonchev–Trinajstić information content (AvgIpc) is 3.01. The summed E-state index contributed by atoms with van der Waals surface area (Å²) >= 11 is 0. The number of hydrogen-bond donors (Lipinski definition) is 2. The van der Waals surface area contributed by atoms with Gasteiger partial charge in [0.05, 0.1) is 18.3 Å². The molecule has 0 saturated heterocycles. The van der Waals surface area contributed by atoms with Crippen LogP contribution in [0.2, 0.25) is 0 Å². The molecular formula is C15H22N4O3. The summed E-state index contributed by atoms with van der Waals surface area (Å²) in [5, 5.41) is 16.7. The van der Waals surface area contributed by atoms with E-state index < -0.39 is 6.10 Å². The Balaban J connectivity index is 1.92. The molecule has 0 aliphatic carbocycles. The summed E-state index contributed by atoms with van der Waals surface area (Å²) in [6.07, 6.45) is 1.10. The van der Waals surface area contributed by atoms with Gasteiger partial charge in [0.25, 0.3) is 5.89 Å². The Labute approximate surface area is 129 Å². The number of aliphatic hydroxyl groups is 1. The number of nitrogens with one attached hydrogen (secondary N) is 1. The van der Waals surface area contributed by atoms with Crippen molar-refractivity contribution in [3.63, 3.8) is 0 Å². The highest BCUT2D eigenvalue weighted by Gasteiger charge is 2.12. The monoisotopic (exact) mass is 306 g/mol. The number of ether oxygens (including phenoxy) is 1. The minimum absolute atomic E-state index is 0.221. The van der Waals surface area contributed by atoms with E-state index in [2.05, 4.69) is 20.4 Å². The normalized spacial score (nSPS) is 12.6. The second-order valence-electron chi connectivity index (χ2n) is 5.24. The molecule has 2 N–H and O–H groups in total. The Morgan fingerprint density at radius 3 is 2.77 bits per heavy atom. The van der Waals surface area contributed by atoms with Gasteiger partial charge in [0.2, 0.25) is 0 Å². The van der Waals surface area contributed by atoms with Crippen LogP contribution in [0, 0.1) is 0 Å². The minimum atomic E-state index is -0.564. The van der Waals surface area contributed by atoms with Gasteiger partial charge in [0.15, 0.2) is 5.82 Å². The van der Waals surface area contributed by atoms with Gasteiger partial charge in [-0.3, -0.25) is 0 Å². The minimum Gasteiger partial charge on any atom is -0.389 e. The number of aliphatic hydroxyl groups excluding tert-OH is 1. The van der Waals surface area contributed by atoms with E-state index in [0.717, 1.165) is 5.56 Å². The molecule has 1 unspecified atom stereocenters. The van der Waals surface area contributed by atoms with Crippen LogP contribution in [0.5, 0.6) is 0 Å². The van der Waals surface area contributed by atoms with E-state index in [1.807, 2.05) is 32.9 Å². The van der Waals surface area contributed by atoms with Crippen LogP contribution in [0.1, 0.15) is 32.5 Å². The molecule has 0 spiro atoms. The maximum Gasteiger partial charge on any atom is 0.259 e. The lowest BCUT2D eigenvalue weighted by Crippen LogP contribution is -2.25. The van der Waals surface area contributed by atoms with Gasteiger partial charge in [-0.25, -0.2) is 4.98 Å². The van der Waals surface area contributed by atoms with Crippen LogP contribution in [-0.2, 0) is 4.74 Å². The molecule has 7 nitrogen and oxygen atoms in total. The fourth-order valence-electron chi connectivity index (χ4n) is 1.75. The lowest BCUT2D eigenvalue weighted by Gasteiger charge is -2.11. The van der Waals surface area contributed by atoms with E-state index in [-0.39, 0.29) is 5.92 Å². The highest BCUT2D eigenvalue weighted by Crippen LogP contribution is 2.20.